The molecule has 0 spiro atoms. The minimum atomic E-state index is -0.163. The molecule has 1 aromatic rings. The van der Waals surface area contributed by atoms with E-state index in [2.05, 4.69) is 38.3 Å². The Kier molecular flexibility index (Phi) is 3.34. The van der Waals surface area contributed by atoms with Gasteiger partial charge >= 0.3 is 0 Å². The van der Waals surface area contributed by atoms with E-state index in [9.17, 15) is 5.11 Å². The van der Waals surface area contributed by atoms with Crippen molar-refractivity contribution in [3.63, 3.8) is 0 Å². The van der Waals surface area contributed by atoms with Crippen LogP contribution in [0.25, 0.3) is 0 Å². The van der Waals surface area contributed by atoms with Crippen molar-refractivity contribution < 1.29 is 5.11 Å². The van der Waals surface area contributed by atoms with Crippen LogP contribution in [-0.2, 0) is 0 Å². The van der Waals surface area contributed by atoms with Gasteiger partial charge in [-0.25, -0.2) is 0 Å². The van der Waals surface area contributed by atoms with Crippen LogP contribution >= 0.6 is 15.9 Å². The van der Waals surface area contributed by atoms with Gasteiger partial charge in [-0.15, -0.1) is 0 Å². The summed E-state index contributed by atoms with van der Waals surface area (Å²) in [4.78, 5) is 2.52. The fraction of sp³-hybridized carbons (Fsp3) is 0.571. The Hall–Kier alpha value is -0.580. The Balaban J connectivity index is 1.72. The van der Waals surface area contributed by atoms with Crippen molar-refractivity contribution in [1.82, 2.24) is 4.90 Å². The van der Waals surface area contributed by atoms with Crippen LogP contribution in [0.4, 0.5) is 5.69 Å². The third-order valence-corrected chi connectivity index (χ3v) is 4.48. The van der Waals surface area contributed by atoms with Crippen molar-refractivity contribution >= 4 is 21.6 Å². The fourth-order valence-electron chi connectivity index (χ4n) is 2.80. The highest BCUT2D eigenvalue weighted by atomic mass is 79.9. The van der Waals surface area contributed by atoms with Gasteiger partial charge in [0.25, 0.3) is 0 Å². The third-order valence-electron chi connectivity index (χ3n) is 3.98. The van der Waals surface area contributed by atoms with Crippen LogP contribution in [0.2, 0.25) is 0 Å². The van der Waals surface area contributed by atoms with E-state index in [1.54, 1.807) is 0 Å². The molecule has 3 nitrogen and oxygen atoms in total. The molecule has 98 valence electrons. The maximum absolute atomic E-state index is 9.77. The standard InChI is InChI=1S/C14H19BrN2O/c15-11-2-1-3-12(8-11)16-14(10-18)6-7-17(9-14)13-4-5-13/h1-3,8,13,16,18H,4-7,9-10H2. The topological polar surface area (TPSA) is 35.5 Å². The molecule has 3 rings (SSSR count). The van der Waals surface area contributed by atoms with Gasteiger partial charge in [0, 0.05) is 29.3 Å². The summed E-state index contributed by atoms with van der Waals surface area (Å²) >= 11 is 3.48. The lowest BCUT2D eigenvalue weighted by Crippen LogP contribution is -2.45. The Bertz CT molecular complexity index is 436. The average Bonchev–Trinajstić information content (AvgIpc) is 3.12. The number of nitrogens with one attached hydrogen (secondary N) is 1. The SMILES string of the molecule is OCC1(Nc2cccc(Br)c2)CCN(C2CC2)C1. The number of rotatable bonds is 4. The lowest BCUT2D eigenvalue weighted by Gasteiger charge is -2.30. The molecule has 2 N–H and O–H groups in total. The molecule has 1 saturated carbocycles. The molecule has 0 amide bonds. The van der Waals surface area contributed by atoms with Crippen molar-refractivity contribution in [2.75, 3.05) is 25.0 Å². The molecule has 4 heteroatoms. The second kappa shape index (κ2) is 4.83. The first-order valence-electron chi connectivity index (χ1n) is 6.59. The number of anilines is 1. The molecular weight excluding hydrogens is 292 g/mol. The lowest BCUT2D eigenvalue weighted by atomic mass is 9.99. The van der Waals surface area contributed by atoms with Crippen LogP contribution in [0.3, 0.4) is 0 Å². The smallest absolute Gasteiger partial charge is 0.0742 e. The van der Waals surface area contributed by atoms with Gasteiger partial charge in [-0.05, 0) is 37.5 Å². The molecule has 2 aliphatic rings. The third kappa shape index (κ3) is 2.56. The van der Waals surface area contributed by atoms with Crippen molar-refractivity contribution in [2.24, 2.45) is 0 Å². The van der Waals surface area contributed by atoms with E-state index in [-0.39, 0.29) is 12.1 Å². The number of hydrogen-bond acceptors (Lipinski definition) is 3. The molecule has 1 aromatic carbocycles. The van der Waals surface area contributed by atoms with E-state index in [0.717, 1.165) is 35.7 Å². The van der Waals surface area contributed by atoms with E-state index in [4.69, 9.17) is 0 Å². The molecule has 2 fully saturated rings. The van der Waals surface area contributed by atoms with Crippen LogP contribution in [0.1, 0.15) is 19.3 Å². The molecule has 0 radical (unpaired) electrons. The summed E-state index contributed by atoms with van der Waals surface area (Å²) in [6.45, 7) is 2.26. The van der Waals surface area contributed by atoms with Gasteiger partial charge in [0.05, 0.1) is 12.1 Å². The maximum atomic E-state index is 9.77. The molecule has 1 unspecified atom stereocenters. The van der Waals surface area contributed by atoms with Crippen molar-refractivity contribution in [3.05, 3.63) is 28.7 Å². The molecule has 0 bridgehead atoms. The van der Waals surface area contributed by atoms with Crippen LogP contribution in [0.5, 0.6) is 0 Å². The number of benzene rings is 1. The van der Waals surface area contributed by atoms with Gasteiger partial charge in [-0.1, -0.05) is 22.0 Å². The van der Waals surface area contributed by atoms with Crippen molar-refractivity contribution in [2.45, 2.75) is 30.8 Å². The van der Waals surface area contributed by atoms with Gasteiger partial charge in [0.2, 0.25) is 0 Å². The first-order valence-corrected chi connectivity index (χ1v) is 7.39. The maximum Gasteiger partial charge on any atom is 0.0742 e. The summed E-state index contributed by atoms with van der Waals surface area (Å²) in [7, 11) is 0. The zero-order valence-corrected chi connectivity index (χ0v) is 12.0. The number of halogens is 1. The normalized spacial score (nSPS) is 28.6. The molecular formula is C14H19BrN2O. The fourth-order valence-corrected chi connectivity index (χ4v) is 3.20. The van der Waals surface area contributed by atoms with Crippen LogP contribution in [0, 0.1) is 0 Å². The van der Waals surface area contributed by atoms with Crippen molar-refractivity contribution in [3.8, 4) is 0 Å². The summed E-state index contributed by atoms with van der Waals surface area (Å²) < 4.78 is 1.07. The molecule has 1 saturated heterocycles. The predicted molar refractivity (Wildman–Crippen MR) is 76.8 cm³/mol. The number of likely N-dealkylation sites (tertiary alicyclic amines) is 1. The zero-order chi connectivity index (χ0) is 12.6. The Morgan fingerprint density at radius 3 is 2.94 bits per heavy atom. The molecule has 0 aromatic heterocycles. The minimum Gasteiger partial charge on any atom is -0.394 e. The first kappa shape index (κ1) is 12.5. The number of aliphatic hydroxyl groups is 1. The summed E-state index contributed by atoms with van der Waals surface area (Å²) in [5.41, 5.74) is 0.916. The summed E-state index contributed by atoms with van der Waals surface area (Å²) in [5.74, 6) is 0. The molecule has 1 atom stereocenters. The number of nitrogens with zero attached hydrogens (tertiary/aromatic N) is 1. The first-order chi connectivity index (χ1) is 8.71. The highest BCUT2D eigenvalue weighted by Crippen LogP contribution is 2.35. The van der Waals surface area contributed by atoms with Gasteiger partial charge < -0.3 is 10.4 Å². The number of hydrogen-bond donors (Lipinski definition) is 2. The molecule has 1 aliphatic heterocycles. The summed E-state index contributed by atoms with van der Waals surface area (Å²) in [5, 5.41) is 13.3. The van der Waals surface area contributed by atoms with Crippen molar-refractivity contribution in [1.29, 1.82) is 0 Å². The second-order valence-electron chi connectivity index (χ2n) is 5.53. The Morgan fingerprint density at radius 1 is 1.44 bits per heavy atom. The minimum absolute atomic E-state index is 0.163. The zero-order valence-electron chi connectivity index (χ0n) is 10.4. The second-order valence-corrected chi connectivity index (χ2v) is 6.44. The summed E-state index contributed by atoms with van der Waals surface area (Å²) in [6, 6.07) is 8.94. The van der Waals surface area contributed by atoms with Gasteiger partial charge in [-0.2, -0.15) is 0 Å². The molecule has 1 heterocycles. The quantitative estimate of drug-likeness (QED) is 0.897. The number of aliphatic hydroxyl groups excluding tert-OH is 1. The van der Waals surface area contributed by atoms with E-state index in [0.29, 0.717) is 0 Å². The van der Waals surface area contributed by atoms with Crippen LogP contribution < -0.4 is 5.32 Å². The lowest BCUT2D eigenvalue weighted by molar-refractivity contribution is 0.205. The van der Waals surface area contributed by atoms with Gasteiger partial charge in [0.15, 0.2) is 0 Å². The molecule has 18 heavy (non-hydrogen) atoms. The Labute approximate surface area is 116 Å². The van der Waals surface area contributed by atoms with Gasteiger partial charge in [-0.3, -0.25) is 4.90 Å². The van der Waals surface area contributed by atoms with E-state index in [1.165, 1.54) is 12.8 Å². The van der Waals surface area contributed by atoms with Gasteiger partial charge in [0.1, 0.15) is 0 Å². The predicted octanol–water partition coefficient (Wildman–Crippen LogP) is 2.46. The van der Waals surface area contributed by atoms with E-state index in [1.807, 2.05) is 12.1 Å². The largest absolute Gasteiger partial charge is 0.394 e. The van der Waals surface area contributed by atoms with E-state index >= 15 is 0 Å². The molecule has 1 aliphatic carbocycles. The van der Waals surface area contributed by atoms with E-state index < -0.39 is 0 Å². The van der Waals surface area contributed by atoms with Crippen LogP contribution in [-0.4, -0.2) is 41.3 Å². The summed E-state index contributed by atoms with van der Waals surface area (Å²) in [6.07, 6.45) is 3.68. The van der Waals surface area contributed by atoms with Crippen LogP contribution in [0.15, 0.2) is 28.7 Å². The highest BCUT2D eigenvalue weighted by molar-refractivity contribution is 9.10. The highest BCUT2D eigenvalue weighted by Gasteiger charge is 2.42. The Morgan fingerprint density at radius 2 is 2.28 bits per heavy atom. The average molecular weight is 311 g/mol. The monoisotopic (exact) mass is 310 g/mol.